The molecule has 0 saturated carbocycles. The van der Waals surface area contributed by atoms with Crippen molar-refractivity contribution in [1.29, 1.82) is 0 Å². The van der Waals surface area contributed by atoms with Gasteiger partial charge in [0.2, 0.25) is 10.0 Å². The zero-order valence-electron chi connectivity index (χ0n) is 8.98. The second-order valence-corrected chi connectivity index (χ2v) is 4.46. The number of nitrogens with zero attached hydrogens (tertiary/aromatic N) is 1. The third-order valence-electron chi connectivity index (χ3n) is 1.87. The molecule has 0 saturated heterocycles. The van der Waals surface area contributed by atoms with E-state index in [1.54, 1.807) is 0 Å². The van der Waals surface area contributed by atoms with E-state index < -0.39 is 27.0 Å². The number of pyridine rings is 1. The van der Waals surface area contributed by atoms with Crippen LogP contribution in [0.3, 0.4) is 0 Å². The molecule has 0 radical (unpaired) electrons. The second kappa shape index (κ2) is 4.80. The fourth-order valence-electron chi connectivity index (χ4n) is 1.15. The van der Waals surface area contributed by atoms with E-state index in [0.717, 1.165) is 6.07 Å². The molecule has 0 unspecified atom stereocenters. The minimum absolute atomic E-state index is 0.0964. The van der Waals surface area contributed by atoms with Gasteiger partial charge in [0.15, 0.2) is 5.75 Å². The van der Waals surface area contributed by atoms with Gasteiger partial charge in [-0.15, -0.1) is 0 Å². The predicted octanol–water partition coefficient (Wildman–Crippen LogP) is 0.684. The molecule has 0 aromatic carbocycles. The van der Waals surface area contributed by atoms with Crippen LogP contribution in [-0.4, -0.2) is 27.6 Å². The van der Waals surface area contributed by atoms with Crippen LogP contribution >= 0.6 is 0 Å². The first kappa shape index (κ1) is 13.6. The van der Waals surface area contributed by atoms with Crippen LogP contribution in [0.25, 0.3) is 0 Å². The molecular weight excluding hydrogens is 258 g/mol. The summed E-state index contributed by atoms with van der Waals surface area (Å²) in [5.74, 6) is -0.337. The molecule has 1 aromatic rings. The number of nitrogens with two attached hydrogens (primary N) is 1. The monoisotopic (exact) mass is 268 g/mol. The van der Waals surface area contributed by atoms with Gasteiger partial charge in [-0.1, -0.05) is 0 Å². The van der Waals surface area contributed by atoms with Crippen LogP contribution < -0.4 is 14.6 Å². The van der Waals surface area contributed by atoms with Crippen molar-refractivity contribution < 1.29 is 26.7 Å². The zero-order chi connectivity index (χ0) is 13.2. The molecule has 0 bridgehead atoms. The quantitative estimate of drug-likeness (QED) is 0.867. The number of hydrogen-bond donors (Lipinski definition) is 1. The lowest BCUT2D eigenvalue weighted by atomic mass is 10.3. The lowest BCUT2D eigenvalue weighted by molar-refractivity contribution is 0.140. The highest BCUT2D eigenvalue weighted by Crippen LogP contribution is 2.33. The summed E-state index contributed by atoms with van der Waals surface area (Å²) in [5, 5.41) is 4.81. The molecule has 0 aliphatic heterocycles. The van der Waals surface area contributed by atoms with E-state index in [2.05, 4.69) is 9.72 Å². The van der Waals surface area contributed by atoms with Crippen LogP contribution in [0.2, 0.25) is 0 Å². The molecule has 96 valence electrons. The minimum atomic E-state index is -4.31. The third kappa shape index (κ3) is 2.80. The van der Waals surface area contributed by atoms with Crippen LogP contribution in [0, 0.1) is 0 Å². The Labute approximate surface area is 96.4 Å². The molecule has 0 aliphatic carbocycles. The van der Waals surface area contributed by atoms with E-state index in [1.165, 1.54) is 14.2 Å². The highest BCUT2D eigenvalue weighted by molar-refractivity contribution is 7.89. The van der Waals surface area contributed by atoms with Gasteiger partial charge in [-0.25, -0.2) is 27.3 Å². The predicted molar refractivity (Wildman–Crippen MR) is 53.7 cm³/mol. The molecule has 9 heteroatoms. The topological polar surface area (TPSA) is 91.5 Å². The fourth-order valence-corrected chi connectivity index (χ4v) is 1.85. The molecule has 1 heterocycles. The maximum atomic E-state index is 12.6. The Bertz CT molecular complexity index is 519. The summed E-state index contributed by atoms with van der Waals surface area (Å²) in [4.78, 5) is 2.58. The maximum Gasteiger partial charge on any atom is 0.281 e. The number of ether oxygens (including phenoxy) is 2. The number of halogens is 2. The molecule has 2 N–H and O–H groups in total. The summed E-state index contributed by atoms with van der Waals surface area (Å²) < 4.78 is 57.0. The van der Waals surface area contributed by atoms with Gasteiger partial charge < -0.3 is 9.47 Å². The van der Waals surface area contributed by atoms with Gasteiger partial charge in [0.25, 0.3) is 12.3 Å². The number of sulfonamides is 1. The standard InChI is InChI=1S/C8H10F2N2O4S/c1-15-4-3-5(17(11,13)14)6(7(9)10)12-8(4)16-2/h3,7H,1-2H3,(H2,11,13,14). The maximum absolute atomic E-state index is 12.6. The van der Waals surface area contributed by atoms with Crippen molar-refractivity contribution in [2.75, 3.05) is 14.2 Å². The molecule has 0 spiro atoms. The van der Waals surface area contributed by atoms with Crippen molar-refractivity contribution in [3.05, 3.63) is 11.8 Å². The highest BCUT2D eigenvalue weighted by atomic mass is 32.2. The number of primary sulfonamides is 1. The van der Waals surface area contributed by atoms with Gasteiger partial charge in [-0.3, -0.25) is 0 Å². The van der Waals surface area contributed by atoms with E-state index in [9.17, 15) is 17.2 Å². The molecule has 6 nitrogen and oxygen atoms in total. The van der Waals surface area contributed by atoms with Crippen molar-refractivity contribution in [2.24, 2.45) is 5.14 Å². The molecule has 17 heavy (non-hydrogen) atoms. The average molecular weight is 268 g/mol. The van der Waals surface area contributed by atoms with Crippen LogP contribution in [0.5, 0.6) is 11.6 Å². The van der Waals surface area contributed by atoms with Gasteiger partial charge in [0, 0.05) is 6.07 Å². The van der Waals surface area contributed by atoms with Gasteiger partial charge in [-0.2, -0.15) is 0 Å². The molecule has 1 rings (SSSR count). The Kier molecular flexibility index (Phi) is 3.83. The number of rotatable bonds is 4. The first-order valence-corrected chi connectivity index (χ1v) is 5.79. The van der Waals surface area contributed by atoms with Crippen molar-refractivity contribution in [1.82, 2.24) is 4.98 Å². The smallest absolute Gasteiger partial charge is 0.281 e. The van der Waals surface area contributed by atoms with Gasteiger partial charge in [0.05, 0.1) is 14.2 Å². The van der Waals surface area contributed by atoms with Gasteiger partial charge in [0.1, 0.15) is 10.6 Å². The van der Waals surface area contributed by atoms with E-state index in [4.69, 9.17) is 9.88 Å². The van der Waals surface area contributed by atoms with Crippen molar-refractivity contribution in [3.63, 3.8) is 0 Å². The fraction of sp³-hybridized carbons (Fsp3) is 0.375. The summed E-state index contributed by atoms with van der Waals surface area (Å²) in [7, 11) is -1.91. The third-order valence-corrected chi connectivity index (χ3v) is 2.81. The van der Waals surface area contributed by atoms with Crippen LogP contribution in [0.4, 0.5) is 8.78 Å². The Morgan fingerprint density at radius 2 is 1.94 bits per heavy atom. The molecule has 0 atom stereocenters. The van der Waals surface area contributed by atoms with E-state index in [1.807, 2.05) is 0 Å². The summed E-state index contributed by atoms with van der Waals surface area (Å²) >= 11 is 0. The van der Waals surface area contributed by atoms with E-state index in [0.29, 0.717) is 0 Å². The SMILES string of the molecule is COc1cc(S(N)(=O)=O)c(C(F)F)nc1OC. The molecule has 0 aliphatic rings. The average Bonchev–Trinajstić information content (AvgIpc) is 2.25. The van der Waals surface area contributed by atoms with Gasteiger partial charge >= 0.3 is 0 Å². The summed E-state index contributed by atoms with van der Waals surface area (Å²) in [6.07, 6.45) is -3.09. The summed E-state index contributed by atoms with van der Waals surface area (Å²) in [6.45, 7) is 0. The number of hydrogen-bond acceptors (Lipinski definition) is 5. The molecule has 0 amide bonds. The summed E-state index contributed by atoms with van der Waals surface area (Å²) in [6, 6.07) is 0.850. The Morgan fingerprint density at radius 3 is 2.29 bits per heavy atom. The highest BCUT2D eigenvalue weighted by Gasteiger charge is 2.25. The van der Waals surface area contributed by atoms with E-state index in [-0.39, 0.29) is 11.6 Å². The summed E-state index contributed by atoms with van der Waals surface area (Å²) in [5.41, 5.74) is -0.967. The van der Waals surface area contributed by atoms with Crippen LogP contribution in [-0.2, 0) is 10.0 Å². The zero-order valence-corrected chi connectivity index (χ0v) is 9.79. The lowest BCUT2D eigenvalue weighted by Gasteiger charge is -2.11. The normalized spacial score (nSPS) is 11.6. The number of alkyl halides is 2. The van der Waals surface area contributed by atoms with Gasteiger partial charge in [-0.05, 0) is 0 Å². The van der Waals surface area contributed by atoms with Crippen LogP contribution in [0.1, 0.15) is 12.1 Å². The largest absolute Gasteiger partial charge is 0.491 e. The molecular formula is C8H10F2N2O4S. The number of aromatic nitrogens is 1. The Hall–Kier alpha value is -1.48. The number of methoxy groups -OCH3 is 2. The van der Waals surface area contributed by atoms with Crippen LogP contribution in [0.15, 0.2) is 11.0 Å². The molecule has 1 aromatic heterocycles. The Balaban J connectivity index is 3.58. The molecule has 0 fully saturated rings. The Morgan fingerprint density at radius 1 is 1.35 bits per heavy atom. The lowest BCUT2D eigenvalue weighted by Crippen LogP contribution is -2.16. The first-order chi connectivity index (χ1) is 7.81. The van der Waals surface area contributed by atoms with E-state index >= 15 is 0 Å². The first-order valence-electron chi connectivity index (χ1n) is 4.25. The van der Waals surface area contributed by atoms with Crippen molar-refractivity contribution in [3.8, 4) is 11.6 Å². The van der Waals surface area contributed by atoms with Crippen molar-refractivity contribution in [2.45, 2.75) is 11.3 Å². The minimum Gasteiger partial charge on any atom is -0.491 e. The second-order valence-electron chi connectivity index (χ2n) is 2.93. The van der Waals surface area contributed by atoms with Crippen molar-refractivity contribution >= 4 is 10.0 Å².